The number of rotatable bonds is 5. The maximum absolute atomic E-state index is 13.4. The van der Waals surface area contributed by atoms with E-state index in [2.05, 4.69) is 21.2 Å². The predicted octanol–water partition coefficient (Wildman–Crippen LogP) is 2.43. The smallest absolute Gasteiger partial charge is 0.255 e. The molecule has 1 N–H and O–H groups in total. The number of amides is 2. The third-order valence-electron chi connectivity index (χ3n) is 2.62. The third-order valence-corrected chi connectivity index (χ3v) is 3.42. The predicted molar refractivity (Wildman–Crippen MR) is 78.9 cm³/mol. The summed E-state index contributed by atoms with van der Waals surface area (Å²) in [7, 11) is 1.51. The third kappa shape index (κ3) is 4.59. The number of carbonyl (C=O) groups is 2. The van der Waals surface area contributed by atoms with Crippen LogP contribution in [-0.2, 0) is 4.79 Å². The van der Waals surface area contributed by atoms with Crippen molar-refractivity contribution in [1.82, 2.24) is 10.2 Å². The Morgan fingerprint density at radius 1 is 1.40 bits per heavy atom. The number of nitrogens with one attached hydrogen (secondary N) is 1. The largest absolute Gasteiger partial charge is 0.354 e. The monoisotopic (exact) mass is 344 g/mol. The Bertz CT molecular complexity index is 506. The van der Waals surface area contributed by atoms with Crippen LogP contribution in [0.4, 0.5) is 4.39 Å². The number of hydrogen-bond acceptors (Lipinski definition) is 2. The van der Waals surface area contributed by atoms with E-state index in [1.807, 2.05) is 13.8 Å². The van der Waals surface area contributed by atoms with E-state index in [0.717, 1.165) is 0 Å². The molecule has 0 bridgehead atoms. The molecule has 0 aliphatic carbocycles. The number of hydrogen-bond donors (Lipinski definition) is 1. The van der Waals surface area contributed by atoms with Crippen LogP contribution in [0.2, 0.25) is 0 Å². The second-order valence-corrected chi connectivity index (χ2v) is 5.75. The van der Waals surface area contributed by atoms with Crippen LogP contribution >= 0.6 is 15.9 Å². The van der Waals surface area contributed by atoms with Gasteiger partial charge < -0.3 is 10.2 Å². The first-order chi connectivity index (χ1) is 9.32. The highest BCUT2D eigenvalue weighted by atomic mass is 79.9. The van der Waals surface area contributed by atoms with Gasteiger partial charge in [-0.05, 0) is 34.0 Å². The Hall–Kier alpha value is -1.43. The Morgan fingerprint density at radius 3 is 2.65 bits per heavy atom. The Labute approximate surface area is 126 Å². The van der Waals surface area contributed by atoms with Crippen molar-refractivity contribution >= 4 is 27.7 Å². The van der Waals surface area contributed by atoms with Gasteiger partial charge in [0.25, 0.3) is 5.91 Å². The van der Waals surface area contributed by atoms with E-state index < -0.39 is 11.7 Å². The zero-order valence-corrected chi connectivity index (χ0v) is 13.3. The summed E-state index contributed by atoms with van der Waals surface area (Å²) in [6.45, 7) is 4.47. The van der Waals surface area contributed by atoms with Gasteiger partial charge in [0.2, 0.25) is 5.91 Å². The minimum absolute atomic E-state index is 0.0610. The van der Waals surface area contributed by atoms with E-state index in [9.17, 15) is 14.0 Å². The van der Waals surface area contributed by atoms with Crippen LogP contribution < -0.4 is 5.32 Å². The summed E-state index contributed by atoms with van der Waals surface area (Å²) in [4.78, 5) is 25.1. The number of nitrogens with zero attached hydrogens (tertiary/aromatic N) is 1. The van der Waals surface area contributed by atoms with Gasteiger partial charge in [0, 0.05) is 13.6 Å². The van der Waals surface area contributed by atoms with E-state index in [4.69, 9.17) is 0 Å². The molecule has 1 aromatic carbocycles. The fourth-order valence-corrected chi connectivity index (χ4v) is 1.97. The molecule has 0 unspecified atom stereocenters. The van der Waals surface area contributed by atoms with Gasteiger partial charge in [0.05, 0.1) is 16.6 Å². The van der Waals surface area contributed by atoms with E-state index in [0.29, 0.717) is 12.5 Å². The topological polar surface area (TPSA) is 49.4 Å². The minimum Gasteiger partial charge on any atom is -0.354 e. The maximum atomic E-state index is 13.4. The van der Waals surface area contributed by atoms with Gasteiger partial charge in [0.15, 0.2) is 0 Å². The number of likely N-dealkylation sites (N-methyl/N-ethyl adjacent to an activating group) is 1. The molecule has 0 atom stereocenters. The second kappa shape index (κ2) is 7.38. The Morgan fingerprint density at radius 2 is 2.05 bits per heavy atom. The second-order valence-electron chi connectivity index (χ2n) is 4.96. The average Bonchev–Trinajstić information content (AvgIpc) is 2.38. The molecule has 0 aliphatic heterocycles. The van der Waals surface area contributed by atoms with Crippen LogP contribution in [0, 0.1) is 11.7 Å². The van der Waals surface area contributed by atoms with Crippen LogP contribution in [0.25, 0.3) is 0 Å². The van der Waals surface area contributed by atoms with Gasteiger partial charge >= 0.3 is 0 Å². The molecule has 0 heterocycles. The van der Waals surface area contributed by atoms with Crippen LogP contribution in [0.3, 0.4) is 0 Å². The summed E-state index contributed by atoms with van der Waals surface area (Å²) >= 11 is 3.04. The molecule has 0 spiro atoms. The normalized spacial score (nSPS) is 10.5. The SMILES string of the molecule is CC(C)CNC(=O)CN(C)C(=O)c1cccc(F)c1Br. The van der Waals surface area contributed by atoms with Crippen LogP contribution in [0.15, 0.2) is 22.7 Å². The van der Waals surface area contributed by atoms with Gasteiger partial charge in [-0.1, -0.05) is 19.9 Å². The molecule has 0 radical (unpaired) electrons. The lowest BCUT2D eigenvalue weighted by atomic mass is 10.2. The number of halogens is 2. The average molecular weight is 345 g/mol. The van der Waals surface area contributed by atoms with Gasteiger partial charge in [-0.3, -0.25) is 9.59 Å². The molecule has 20 heavy (non-hydrogen) atoms. The molecular weight excluding hydrogens is 327 g/mol. The first-order valence-corrected chi connectivity index (χ1v) is 7.08. The van der Waals surface area contributed by atoms with Gasteiger partial charge in [0.1, 0.15) is 5.82 Å². The van der Waals surface area contributed by atoms with E-state index in [1.54, 1.807) is 0 Å². The molecule has 0 saturated carbocycles. The van der Waals surface area contributed by atoms with Crippen molar-refractivity contribution in [3.8, 4) is 0 Å². The highest BCUT2D eigenvalue weighted by Gasteiger charge is 2.18. The molecule has 0 aliphatic rings. The van der Waals surface area contributed by atoms with Crippen molar-refractivity contribution in [1.29, 1.82) is 0 Å². The highest BCUT2D eigenvalue weighted by Crippen LogP contribution is 2.21. The summed E-state index contributed by atoms with van der Waals surface area (Å²) in [6.07, 6.45) is 0. The highest BCUT2D eigenvalue weighted by molar-refractivity contribution is 9.10. The molecule has 1 aromatic rings. The fraction of sp³-hybridized carbons (Fsp3) is 0.429. The molecular formula is C14H18BrFN2O2. The van der Waals surface area contributed by atoms with Crippen molar-refractivity contribution in [2.24, 2.45) is 5.92 Å². The molecule has 0 aromatic heterocycles. The lowest BCUT2D eigenvalue weighted by Gasteiger charge is -2.18. The molecule has 4 nitrogen and oxygen atoms in total. The first-order valence-electron chi connectivity index (χ1n) is 6.29. The van der Waals surface area contributed by atoms with Crippen LogP contribution in [-0.4, -0.2) is 36.9 Å². The molecule has 110 valence electrons. The minimum atomic E-state index is -0.506. The Kier molecular flexibility index (Phi) is 6.13. The number of carbonyl (C=O) groups excluding carboxylic acids is 2. The summed E-state index contributed by atoms with van der Waals surface area (Å²) in [5, 5.41) is 2.73. The van der Waals surface area contributed by atoms with Gasteiger partial charge in [-0.15, -0.1) is 0 Å². The molecule has 0 saturated heterocycles. The summed E-state index contributed by atoms with van der Waals surface area (Å²) in [5.74, 6) is -0.802. The summed E-state index contributed by atoms with van der Waals surface area (Å²) in [6, 6.07) is 4.23. The molecule has 1 rings (SSSR count). The van der Waals surface area contributed by atoms with Crippen molar-refractivity contribution in [2.45, 2.75) is 13.8 Å². The lowest BCUT2D eigenvalue weighted by molar-refractivity contribution is -0.121. The molecule has 0 fully saturated rings. The van der Waals surface area contributed by atoms with Gasteiger partial charge in [-0.2, -0.15) is 0 Å². The van der Waals surface area contributed by atoms with Crippen molar-refractivity contribution in [2.75, 3.05) is 20.1 Å². The molecule has 6 heteroatoms. The van der Waals surface area contributed by atoms with Crippen molar-refractivity contribution < 1.29 is 14.0 Å². The quantitative estimate of drug-likeness (QED) is 0.891. The standard InChI is InChI=1S/C14H18BrFN2O2/c1-9(2)7-17-12(19)8-18(3)14(20)10-5-4-6-11(16)13(10)15/h4-6,9H,7-8H2,1-3H3,(H,17,19). The van der Waals surface area contributed by atoms with Crippen molar-refractivity contribution in [3.63, 3.8) is 0 Å². The van der Waals surface area contributed by atoms with Crippen LogP contribution in [0.5, 0.6) is 0 Å². The Balaban J connectivity index is 2.67. The zero-order valence-electron chi connectivity index (χ0n) is 11.7. The maximum Gasteiger partial charge on any atom is 0.255 e. The molecule has 2 amide bonds. The van der Waals surface area contributed by atoms with E-state index >= 15 is 0 Å². The van der Waals surface area contributed by atoms with E-state index in [1.165, 1.54) is 30.1 Å². The van der Waals surface area contributed by atoms with Gasteiger partial charge in [-0.25, -0.2) is 4.39 Å². The lowest BCUT2D eigenvalue weighted by Crippen LogP contribution is -2.39. The van der Waals surface area contributed by atoms with Crippen LogP contribution in [0.1, 0.15) is 24.2 Å². The zero-order chi connectivity index (χ0) is 15.3. The number of benzene rings is 1. The summed E-state index contributed by atoms with van der Waals surface area (Å²) in [5.41, 5.74) is 0.198. The first kappa shape index (κ1) is 16.6. The summed E-state index contributed by atoms with van der Waals surface area (Å²) < 4.78 is 13.5. The van der Waals surface area contributed by atoms with E-state index in [-0.39, 0.29) is 22.5 Å². The fourth-order valence-electron chi connectivity index (χ4n) is 1.54. The van der Waals surface area contributed by atoms with Crippen molar-refractivity contribution in [3.05, 3.63) is 34.1 Å².